The average Bonchev–Trinajstić information content (AvgIpc) is 3.92. The highest BCUT2D eigenvalue weighted by Gasteiger charge is 2.61. The topological polar surface area (TPSA) is 62.5 Å². The van der Waals surface area contributed by atoms with Crippen LogP contribution in [0.2, 0.25) is 0 Å². The first-order valence-electron chi connectivity index (χ1n) is 26.1. The molecular weight excluding hydrogens is 885 g/mol. The third kappa shape index (κ3) is 6.28. The highest BCUT2D eigenvalue weighted by Crippen LogP contribution is 2.70. The summed E-state index contributed by atoms with van der Waals surface area (Å²) in [5.41, 5.74) is 20.9. The van der Waals surface area contributed by atoms with Gasteiger partial charge in [0.05, 0.1) is 17.0 Å². The van der Waals surface area contributed by atoms with Crippen LogP contribution < -0.4 is 0 Å². The normalized spacial score (nSPS) is 21.0. The van der Waals surface area contributed by atoms with Gasteiger partial charge in [0.25, 0.3) is 0 Å². The summed E-state index contributed by atoms with van der Waals surface area (Å²) in [6.45, 7) is 0. The van der Waals surface area contributed by atoms with E-state index in [9.17, 15) is 5.26 Å². The molecule has 0 unspecified atom stereocenters. The minimum absolute atomic E-state index is 0.0125. The first-order valence-corrected chi connectivity index (χ1v) is 26.1. The molecule has 0 saturated heterocycles. The Bertz CT molecular complexity index is 3750. The second-order valence-corrected chi connectivity index (χ2v) is 21.4. The molecule has 16 rings (SSSR count). The van der Waals surface area contributed by atoms with Gasteiger partial charge in [-0.15, -0.1) is 0 Å². The van der Waals surface area contributed by atoms with E-state index in [4.69, 9.17) is 15.0 Å². The first kappa shape index (κ1) is 42.2. The number of hydrogen-bond acceptors (Lipinski definition) is 4. The fraction of sp³-hybridized carbons (Fsp3) is 0.159. The zero-order valence-electron chi connectivity index (χ0n) is 40.4. The molecule has 0 amide bonds. The SMILES string of the molecule is N#Cc1ccc2c(c1)C(c1ccccc1)(c1ccccc1)c1cc(-c3ccc4c(c3)-c3ccc(-c5cccc(-c6nc(-c7ccccc7)nc(-c7ccccc7)n6)c5)cc3C43C4CC5CC(C4)CC3C5)ccc1-2. The Hall–Kier alpha value is -8.52. The van der Waals surface area contributed by atoms with E-state index in [1.165, 1.54) is 98.9 Å². The minimum atomic E-state index is -0.602. The second-order valence-electron chi connectivity index (χ2n) is 21.4. The van der Waals surface area contributed by atoms with Crippen LogP contribution in [0.4, 0.5) is 0 Å². The van der Waals surface area contributed by atoms with E-state index in [2.05, 4.69) is 182 Å². The van der Waals surface area contributed by atoms with E-state index in [0.717, 1.165) is 34.1 Å². The van der Waals surface area contributed by atoms with Gasteiger partial charge in [0.15, 0.2) is 17.5 Å². The Kier molecular flexibility index (Phi) is 9.39. The van der Waals surface area contributed by atoms with Crippen LogP contribution in [0.1, 0.15) is 71.0 Å². The molecule has 6 aliphatic carbocycles. The molecule has 1 spiro atoms. The third-order valence-corrected chi connectivity index (χ3v) is 17.8. The summed E-state index contributed by atoms with van der Waals surface area (Å²) in [4.78, 5) is 15.2. The number of rotatable bonds is 7. The van der Waals surface area contributed by atoms with Gasteiger partial charge in [0.2, 0.25) is 0 Å². The van der Waals surface area contributed by atoms with E-state index < -0.39 is 5.41 Å². The molecule has 1 aromatic heterocycles. The van der Waals surface area contributed by atoms with Crippen LogP contribution >= 0.6 is 0 Å². The smallest absolute Gasteiger partial charge is 0.164 e. The Morgan fingerprint density at radius 2 is 0.781 bits per heavy atom. The Morgan fingerprint density at radius 3 is 1.36 bits per heavy atom. The maximum atomic E-state index is 10.2. The summed E-state index contributed by atoms with van der Waals surface area (Å²) in [6, 6.07) is 81.9. The predicted molar refractivity (Wildman–Crippen MR) is 292 cm³/mol. The molecule has 0 N–H and O–H groups in total. The van der Waals surface area contributed by atoms with Crippen molar-refractivity contribution >= 4 is 0 Å². The molecule has 346 valence electrons. The van der Waals surface area contributed by atoms with Crippen molar-refractivity contribution in [2.45, 2.75) is 42.9 Å². The number of nitriles is 1. The van der Waals surface area contributed by atoms with Gasteiger partial charge in [0, 0.05) is 22.1 Å². The highest BCUT2D eigenvalue weighted by atomic mass is 15.0. The molecule has 1 heterocycles. The molecule has 0 aliphatic heterocycles. The van der Waals surface area contributed by atoms with Gasteiger partial charge in [-0.05, 0) is 170 Å². The molecular formula is C69H50N4. The van der Waals surface area contributed by atoms with Gasteiger partial charge in [-0.2, -0.15) is 5.26 Å². The van der Waals surface area contributed by atoms with Crippen LogP contribution in [0.15, 0.2) is 218 Å². The fourth-order valence-electron chi connectivity index (χ4n) is 15.1. The van der Waals surface area contributed by atoms with E-state index in [0.29, 0.717) is 34.9 Å². The van der Waals surface area contributed by atoms with Crippen molar-refractivity contribution in [1.29, 1.82) is 5.26 Å². The van der Waals surface area contributed by atoms with Crippen molar-refractivity contribution in [2.75, 3.05) is 0 Å². The minimum Gasteiger partial charge on any atom is -0.208 e. The summed E-state index contributed by atoms with van der Waals surface area (Å²) in [5, 5.41) is 10.2. The Balaban J connectivity index is 0.875. The van der Waals surface area contributed by atoms with Crippen molar-refractivity contribution in [3.8, 4) is 84.7 Å². The van der Waals surface area contributed by atoms with Crippen LogP contribution in [-0.4, -0.2) is 15.0 Å². The van der Waals surface area contributed by atoms with Gasteiger partial charge < -0.3 is 0 Å². The summed E-state index contributed by atoms with van der Waals surface area (Å²) in [5.74, 6) is 4.94. The van der Waals surface area contributed by atoms with E-state index in [-0.39, 0.29) is 5.41 Å². The van der Waals surface area contributed by atoms with E-state index in [1.54, 1.807) is 5.56 Å². The summed E-state index contributed by atoms with van der Waals surface area (Å²) in [7, 11) is 0. The largest absolute Gasteiger partial charge is 0.208 e. The molecule has 4 nitrogen and oxygen atoms in total. The first-order chi connectivity index (χ1) is 36.1. The third-order valence-electron chi connectivity index (χ3n) is 17.8. The van der Waals surface area contributed by atoms with Gasteiger partial charge in [-0.1, -0.05) is 182 Å². The monoisotopic (exact) mass is 934 g/mol. The summed E-state index contributed by atoms with van der Waals surface area (Å²) in [6.07, 6.45) is 6.69. The molecule has 4 bridgehead atoms. The molecule has 9 aromatic carbocycles. The molecule has 4 fully saturated rings. The average molecular weight is 935 g/mol. The molecule has 0 atom stereocenters. The maximum absolute atomic E-state index is 10.2. The van der Waals surface area contributed by atoms with Gasteiger partial charge in [-0.3, -0.25) is 0 Å². The number of nitrogens with zero attached hydrogens (tertiary/aromatic N) is 4. The van der Waals surface area contributed by atoms with Crippen molar-refractivity contribution in [3.63, 3.8) is 0 Å². The number of fused-ring (bicyclic) bond motifs is 6. The van der Waals surface area contributed by atoms with Crippen molar-refractivity contribution in [1.82, 2.24) is 15.0 Å². The molecule has 10 aromatic rings. The molecule has 6 aliphatic rings. The molecule has 0 radical (unpaired) electrons. The van der Waals surface area contributed by atoms with E-state index in [1.807, 2.05) is 42.5 Å². The van der Waals surface area contributed by atoms with Gasteiger partial charge in [-0.25, -0.2) is 15.0 Å². The van der Waals surface area contributed by atoms with Crippen LogP contribution in [0.3, 0.4) is 0 Å². The number of aromatic nitrogens is 3. The van der Waals surface area contributed by atoms with Crippen molar-refractivity contribution in [3.05, 3.63) is 257 Å². The lowest BCUT2D eigenvalue weighted by Crippen LogP contribution is -2.55. The van der Waals surface area contributed by atoms with Crippen LogP contribution in [0.25, 0.3) is 78.7 Å². The standard InChI is InChI=1S/C69H50N4/c70-42-43-24-28-57-58-29-25-51(41-63(58)68(62(57)37-43,53-20-9-3-10-21-53)54-22-11-4-12-23-54)49-27-31-61-60(39-49)59-30-26-50(40-64(59)69(61)55-33-44-32-45(35-55)36-56(69)34-44)48-18-13-19-52(38-48)67-72-65(46-14-5-1-6-15-46)71-66(73-67)47-16-7-2-8-17-47/h1-31,37-41,44-45,55-56H,32-36H2. The lowest BCUT2D eigenvalue weighted by Gasteiger charge is -2.61. The zero-order valence-corrected chi connectivity index (χ0v) is 40.4. The predicted octanol–water partition coefficient (Wildman–Crippen LogP) is 16.2. The molecule has 4 saturated carbocycles. The van der Waals surface area contributed by atoms with Crippen molar-refractivity contribution < 1.29 is 0 Å². The number of hydrogen-bond donors (Lipinski definition) is 0. The van der Waals surface area contributed by atoms with Crippen LogP contribution in [0, 0.1) is 35.0 Å². The zero-order chi connectivity index (χ0) is 48.3. The van der Waals surface area contributed by atoms with Crippen molar-refractivity contribution in [2.24, 2.45) is 23.7 Å². The highest BCUT2D eigenvalue weighted by molar-refractivity contribution is 5.91. The Morgan fingerprint density at radius 1 is 0.342 bits per heavy atom. The van der Waals surface area contributed by atoms with E-state index >= 15 is 0 Å². The Labute approximate surface area is 426 Å². The lowest BCUT2D eigenvalue weighted by atomic mass is 9.43. The van der Waals surface area contributed by atoms with Crippen LogP contribution in [-0.2, 0) is 10.8 Å². The van der Waals surface area contributed by atoms with Gasteiger partial charge in [0.1, 0.15) is 0 Å². The summed E-state index contributed by atoms with van der Waals surface area (Å²) < 4.78 is 0. The van der Waals surface area contributed by atoms with Gasteiger partial charge >= 0.3 is 0 Å². The maximum Gasteiger partial charge on any atom is 0.164 e. The molecule has 73 heavy (non-hydrogen) atoms. The quantitative estimate of drug-likeness (QED) is 0.160. The fourth-order valence-corrected chi connectivity index (χ4v) is 15.1. The van der Waals surface area contributed by atoms with Crippen LogP contribution in [0.5, 0.6) is 0 Å². The summed E-state index contributed by atoms with van der Waals surface area (Å²) >= 11 is 0. The number of benzene rings is 9. The second kappa shape index (κ2) is 16.3. The molecule has 4 heteroatoms. The lowest BCUT2D eigenvalue weighted by molar-refractivity contribution is -0.0399.